The van der Waals surface area contributed by atoms with Crippen LogP contribution in [0.5, 0.6) is 0 Å². The lowest BCUT2D eigenvalue weighted by Crippen LogP contribution is -2.48. The Balaban J connectivity index is 2.32. The number of rotatable bonds is 6. The number of hydrogen-bond acceptors (Lipinski definition) is 2. The zero-order valence-electron chi connectivity index (χ0n) is 10.3. The Morgan fingerprint density at radius 1 is 1.33 bits per heavy atom. The summed E-state index contributed by atoms with van der Waals surface area (Å²) in [6, 6.07) is 0.679. The summed E-state index contributed by atoms with van der Waals surface area (Å²) in [5, 5.41) is 6.35. The topological polar surface area (TPSA) is 41.1 Å². The molecule has 0 bridgehead atoms. The Morgan fingerprint density at radius 3 is 2.33 bits per heavy atom. The highest BCUT2D eigenvalue weighted by Crippen LogP contribution is 2.34. The molecule has 3 nitrogen and oxygen atoms in total. The van der Waals surface area contributed by atoms with Crippen molar-refractivity contribution in [1.82, 2.24) is 10.6 Å². The monoisotopic (exact) mass is 212 g/mol. The molecule has 0 radical (unpaired) electrons. The van der Waals surface area contributed by atoms with Crippen molar-refractivity contribution in [3.05, 3.63) is 0 Å². The van der Waals surface area contributed by atoms with Gasteiger partial charge in [0.2, 0.25) is 5.91 Å². The van der Waals surface area contributed by atoms with Crippen LogP contribution in [0.4, 0.5) is 0 Å². The molecule has 0 aromatic rings. The molecule has 88 valence electrons. The van der Waals surface area contributed by atoms with Gasteiger partial charge in [-0.25, -0.2) is 0 Å². The average Bonchev–Trinajstić information content (AvgIpc) is 2.95. The molecule has 1 saturated carbocycles. The molecule has 2 N–H and O–H groups in total. The molecule has 1 aliphatic rings. The van der Waals surface area contributed by atoms with Crippen molar-refractivity contribution in [1.29, 1.82) is 0 Å². The van der Waals surface area contributed by atoms with Crippen LogP contribution in [0.2, 0.25) is 0 Å². The Hall–Kier alpha value is -0.570. The van der Waals surface area contributed by atoms with Crippen molar-refractivity contribution in [2.24, 2.45) is 5.92 Å². The molecule has 0 aliphatic heterocycles. The maximum Gasteiger partial charge on any atom is 0.237 e. The van der Waals surface area contributed by atoms with E-state index in [0.717, 1.165) is 12.3 Å². The van der Waals surface area contributed by atoms with E-state index in [1.54, 1.807) is 0 Å². The van der Waals surface area contributed by atoms with E-state index in [1.807, 2.05) is 20.8 Å². The summed E-state index contributed by atoms with van der Waals surface area (Å²) >= 11 is 0. The van der Waals surface area contributed by atoms with E-state index in [4.69, 9.17) is 0 Å². The van der Waals surface area contributed by atoms with Crippen LogP contribution in [0.15, 0.2) is 0 Å². The quantitative estimate of drug-likeness (QED) is 0.703. The number of hydrogen-bond donors (Lipinski definition) is 2. The standard InChI is InChI=1S/C12H24N2O/c1-5-11(10-6-7-10)14-9(4)12(15)13-8(2)3/h8-11,14H,5-7H2,1-4H3,(H,13,15). The van der Waals surface area contributed by atoms with Gasteiger partial charge in [0.1, 0.15) is 0 Å². The Morgan fingerprint density at radius 2 is 1.93 bits per heavy atom. The first-order valence-electron chi connectivity index (χ1n) is 6.11. The predicted molar refractivity (Wildman–Crippen MR) is 62.7 cm³/mol. The molecule has 1 fully saturated rings. The molecule has 0 heterocycles. The summed E-state index contributed by atoms with van der Waals surface area (Å²) in [6.45, 7) is 8.11. The zero-order chi connectivity index (χ0) is 11.4. The fraction of sp³-hybridized carbons (Fsp3) is 0.917. The first-order valence-corrected chi connectivity index (χ1v) is 6.11. The second kappa shape index (κ2) is 5.50. The third-order valence-electron chi connectivity index (χ3n) is 2.92. The summed E-state index contributed by atoms with van der Waals surface area (Å²) in [7, 11) is 0. The van der Waals surface area contributed by atoms with E-state index in [9.17, 15) is 4.79 Å². The van der Waals surface area contributed by atoms with Crippen LogP contribution in [0.25, 0.3) is 0 Å². The fourth-order valence-electron chi connectivity index (χ4n) is 1.89. The molecule has 1 amide bonds. The van der Waals surface area contributed by atoms with E-state index in [-0.39, 0.29) is 18.0 Å². The molecule has 0 aromatic carbocycles. The first-order chi connectivity index (χ1) is 7.04. The molecule has 1 aliphatic carbocycles. The van der Waals surface area contributed by atoms with E-state index in [0.29, 0.717) is 6.04 Å². The molecule has 15 heavy (non-hydrogen) atoms. The van der Waals surface area contributed by atoms with Crippen molar-refractivity contribution >= 4 is 5.91 Å². The lowest BCUT2D eigenvalue weighted by atomic mass is 10.1. The molecule has 0 saturated heterocycles. The van der Waals surface area contributed by atoms with Gasteiger partial charge < -0.3 is 10.6 Å². The van der Waals surface area contributed by atoms with Gasteiger partial charge in [-0.2, -0.15) is 0 Å². The van der Waals surface area contributed by atoms with Crippen LogP contribution >= 0.6 is 0 Å². The first kappa shape index (κ1) is 12.5. The van der Waals surface area contributed by atoms with Crippen molar-refractivity contribution in [3.8, 4) is 0 Å². The van der Waals surface area contributed by atoms with E-state index >= 15 is 0 Å². The van der Waals surface area contributed by atoms with Gasteiger partial charge in [0.15, 0.2) is 0 Å². The zero-order valence-corrected chi connectivity index (χ0v) is 10.3. The predicted octanol–water partition coefficient (Wildman–Crippen LogP) is 1.68. The lowest BCUT2D eigenvalue weighted by molar-refractivity contribution is -0.123. The molecular formula is C12H24N2O. The van der Waals surface area contributed by atoms with Crippen molar-refractivity contribution in [2.75, 3.05) is 0 Å². The highest BCUT2D eigenvalue weighted by atomic mass is 16.2. The number of amides is 1. The summed E-state index contributed by atoms with van der Waals surface area (Å²) < 4.78 is 0. The molecule has 0 spiro atoms. The van der Waals surface area contributed by atoms with E-state index in [1.165, 1.54) is 12.8 Å². The second-order valence-electron chi connectivity index (χ2n) is 4.90. The SMILES string of the molecule is CCC(NC(C)C(=O)NC(C)C)C1CC1. The molecular weight excluding hydrogens is 188 g/mol. The largest absolute Gasteiger partial charge is 0.353 e. The maximum absolute atomic E-state index is 11.7. The number of nitrogens with one attached hydrogen (secondary N) is 2. The van der Waals surface area contributed by atoms with Gasteiger partial charge in [0.05, 0.1) is 6.04 Å². The summed E-state index contributed by atoms with van der Waals surface area (Å²) in [5.74, 6) is 0.924. The summed E-state index contributed by atoms with van der Waals surface area (Å²) in [6.07, 6.45) is 3.76. The Bertz CT molecular complexity index is 212. The minimum Gasteiger partial charge on any atom is -0.353 e. The van der Waals surface area contributed by atoms with Crippen LogP contribution < -0.4 is 10.6 Å². The van der Waals surface area contributed by atoms with E-state index in [2.05, 4.69) is 17.6 Å². The average molecular weight is 212 g/mol. The van der Waals surface area contributed by atoms with Gasteiger partial charge >= 0.3 is 0 Å². The number of carbonyl (C=O) groups excluding carboxylic acids is 1. The minimum atomic E-state index is -0.0713. The molecule has 3 heteroatoms. The highest BCUT2D eigenvalue weighted by Gasteiger charge is 2.31. The second-order valence-corrected chi connectivity index (χ2v) is 4.90. The lowest BCUT2D eigenvalue weighted by Gasteiger charge is -2.22. The van der Waals surface area contributed by atoms with Crippen LogP contribution in [0.1, 0.15) is 47.0 Å². The number of carbonyl (C=O) groups is 1. The normalized spacial score (nSPS) is 20.1. The third kappa shape index (κ3) is 4.20. The van der Waals surface area contributed by atoms with Crippen molar-refractivity contribution in [2.45, 2.75) is 65.1 Å². The Kier molecular flexibility index (Phi) is 4.58. The van der Waals surface area contributed by atoms with Gasteiger partial charge in [0, 0.05) is 12.1 Å². The molecule has 2 unspecified atom stereocenters. The van der Waals surface area contributed by atoms with Crippen LogP contribution in [0, 0.1) is 5.92 Å². The maximum atomic E-state index is 11.7. The Labute approximate surface area is 93.0 Å². The van der Waals surface area contributed by atoms with Gasteiger partial charge in [-0.3, -0.25) is 4.79 Å². The van der Waals surface area contributed by atoms with Crippen LogP contribution in [-0.2, 0) is 4.79 Å². The molecule has 0 aromatic heterocycles. The molecule has 1 rings (SSSR count). The van der Waals surface area contributed by atoms with Gasteiger partial charge in [-0.1, -0.05) is 6.92 Å². The van der Waals surface area contributed by atoms with Crippen molar-refractivity contribution < 1.29 is 4.79 Å². The van der Waals surface area contributed by atoms with Crippen LogP contribution in [0.3, 0.4) is 0 Å². The van der Waals surface area contributed by atoms with Crippen molar-refractivity contribution in [3.63, 3.8) is 0 Å². The third-order valence-corrected chi connectivity index (χ3v) is 2.92. The van der Waals surface area contributed by atoms with E-state index < -0.39 is 0 Å². The fourth-order valence-corrected chi connectivity index (χ4v) is 1.89. The van der Waals surface area contributed by atoms with Gasteiger partial charge in [0.25, 0.3) is 0 Å². The molecule has 2 atom stereocenters. The minimum absolute atomic E-state index is 0.0713. The highest BCUT2D eigenvalue weighted by molar-refractivity contribution is 5.81. The smallest absolute Gasteiger partial charge is 0.237 e. The summed E-state index contributed by atoms with van der Waals surface area (Å²) in [4.78, 5) is 11.7. The van der Waals surface area contributed by atoms with Gasteiger partial charge in [-0.15, -0.1) is 0 Å². The van der Waals surface area contributed by atoms with Gasteiger partial charge in [-0.05, 0) is 46.0 Å². The van der Waals surface area contributed by atoms with Crippen LogP contribution in [-0.4, -0.2) is 24.0 Å². The summed E-state index contributed by atoms with van der Waals surface area (Å²) in [5.41, 5.74) is 0.